The van der Waals surface area contributed by atoms with Gasteiger partial charge in [-0.15, -0.1) is 0 Å². The average molecular weight is 348 g/mol. The summed E-state index contributed by atoms with van der Waals surface area (Å²) in [5, 5.41) is 8.09. The van der Waals surface area contributed by atoms with Gasteiger partial charge in [0.15, 0.2) is 0 Å². The number of aromatic nitrogens is 1. The Morgan fingerprint density at radius 1 is 1.29 bits per heavy atom. The van der Waals surface area contributed by atoms with Crippen LogP contribution < -0.4 is 10.5 Å². The molecule has 0 atom stereocenters. The third-order valence-corrected chi connectivity index (χ3v) is 3.79. The van der Waals surface area contributed by atoms with Crippen molar-refractivity contribution in [1.82, 2.24) is 4.98 Å². The van der Waals surface area contributed by atoms with Crippen molar-refractivity contribution in [3.05, 3.63) is 52.3 Å². The highest BCUT2D eigenvalue weighted by Gasteiger charge is 2.03. The van der Waals surface area contributed by atoms with Crippen LogP contribution in [0.25, 0.3) is 0 Å². The third kappa shape index (κ3) is 5.85. The molecule has 2 aromatic rings. The van der Waals surface area contributed by atoms with Crippen molar-refractivity contribution in [1.29, 1.82) is 5.41 Å². The van der Waals surface area contributed by atoms with Gasteiger partial charge >= 0.3 is 0 Å². The van der Waals surface area contributed by atoms with E-state index in [1.165, 1.54) is 5.56 Å². The molecule has 1 heterocycles. The van der Waals surface area contributed by atoms with E-state index in [0.717, 1.165) is 41.8 Å². The number of rotatable bonds is 5. The van der Waals surface area contributed by atoms with Crippen molar-refractivity contribution in [2.24, 2.45) is 0 Å². The molecular weight excluding hydrogens is 322 g/mol. The van der Waals surface area contributed by atoms with Crippen molar-refractivity contribution >= 4 is 23.0 Å². The summed E-state index contributed by atoms with van der Waals surface area (Å²) in [6, 6.07) is 7.58. The van der Waals surface area contributed by atoms with Gasteiger partial charge in [-0.25, -0.2) is 4.98 Å². The molecule has 0 radical (unpaired) electrons. The Morgan fingerprint density at radius 2 is 2.00 bits per heavy atom. The van der Waals surface area contributed by atoms with Crippen molar-refractivity contribution < 1.29 is 4.74 Å². The van der Waals surface area contributed by atoms with Crippen molar-refractivity contribution in [3.63, 3.8) is 0 Å². The minimum absolute atomic E-state index is 0.486. The van der Waals surface area contributed by atoms with Crippen LogP contribution in [0.3, 0.4) is 0 Å². The number of hydrogen-bond acceptors (Lipinski definition) is 4. The van der Waals surface area contributed by atoms with Crippen LogP contribution in [-0.2, 0) is 6.42 Å². The molecule has 0 bridgehead atoms. The predicted octanol–water partition coefficient (Wildman–Crippen LogP) is 5.05. The van der Waals surface area contributed by atoms with E-state index in [-0.39, 0.29) is 0 Å². The Morgan fingerprint density at radius 3 is 2.54 bits per heavy atom. The Hall–Kier alpha value is -2.07. The molecule has 2 rings (SSSR count). The van der Waals surface area contributed by atoms with Crippen molar-refractivity contribution in [2.45, 2.75) is 40.0 Å². The van der Waals surface area contributed by atoms with E-state index in [1.807, 2.05) is 32.0 Å². The fraction of sp³-hybridized carbons (Fsp3) is 0.368. The summed E-state index contributed by atoms with van der Waals surface area (Å²) in [5.41, 5.74) is 10.1. The number of aryl methyl sites for hydroxylation is 2. The first-order valence-electron chi connectivity index (χ1n) is 8.05. The lowest BCUT2D eigenvalue weighted by molar-refractivity contribution is 0.409. The molecule has 1 aromatic carbocycles. The number of halogens is 1. The number of pyridine rings is 1. The minimum atomic E-state index is 0.486. The van der Waals surface area contributed by atoms with Gasteiger partial charge in [-0.3, -0.25) is 0 Å². The molecule has 5 heteroatoms. The lowest BCUT2D eigenvalue weighted by Crippen LogP contribution is -2.00. The number of ether oxygens (including phenoxy) is 1. The van der Waals surface area contributed by atoms with Crippen molar-refractivity contribution in [3.8, 4) is 5.75 Å². The first kappa shape index (κ1) is 20.0. The maximum atomic E-state index is 7.61. The minimum Gasteiger partial charge on any atom is -0.496 e. The fourth-order valence-corrected chi connectivity index (χ4v) is 2.48. The second-order valence-electron chi connectivity index (χ2n) is 5.48. The SMILES string of the molecule is CCC(=N)c1cnc(Cl)cc1C.CCCc1ccc(N)cc1OC. The van der Waals surface area contributed by atoms with Gasteiger partial charge in [-0.1, -0.05) is 37.9 Å². The smallest absolute Gasteiger partial charge is 0.129 e. The van der Waals surface area contributed by atoms with Crippen LogP contribution in [0.5, 0.6) is 5.75 Å². The Labute approximate surface area is 149 Å². The topological polar surface area (TPSA) is 72.0 Å². The summed E-state index contributed by atoms with van der Waals surface area (Å²) in [5.74, 6) is 0.900. The second kappa shape index (κ2) is 9.93. The molecule has 3 N–H and O–H groups in total. The van der Waals surface area contributed by atoms with Gasteiger partial charge in [-0.05, 0) is 43.0 Å². The van der Waals surface area contributed by atoms with E-state index < -0.39 is 0 Å². The average Bonchev–Trinajstić information content (AvgIpc) is 2.56. The predicted molar refractivity (Wildman–Crippen MR) is 103 cm³/mol. The molecule has 0 fully saturated rings. The van der Waals surface area contributed by atoms with E-state index in [1.54, 1.807) is 19.4 Å². The largest absolute Gasteiger partial charge is 0.496 e. The molecule has 0 spiro atoms. The molecule has 130 valence electrons. The standard InChI is InChI=1S/C10H15NO.C9H11ClN2/c1-3-4-8-5-6-9(11)7-10(8)12-2;1-3-8(11)7-5-12-9(10)4-6(7)2/h5-7H,3-4,11H2,1-2H3;4-5,11H,3H2,1-2H3. The number of nitrogens with one attached hydrogen (secondary N) is 1. The molecule has 0 amide bonds. The van der Waals surface area contributed by atoms with Crippen LogP contribution in [-0.4, -0.2) is 17.8 Å². The van der Waals surface area contributed by atoms with Gasteiger partial charge in [0.1, 0.15) is 10.9 Å². The van der Waals surface area contributed by atoms with E-state index in [2.05, 4.69) is 11.9 Å². The molecule has 1 aromatic heterocycles. The highest BCUT2D eigenvalue weighted by Crippen LogP contribution is 2.22. The monoisotopic (exact) mass is 347 g/mol. The molecule has 0 saturated heterocycles. The quantitative estimate of drug-likeness (QED) is 0.451. The number of anilines is 1. The lowest BCUT2D eigenvalue weighted by atomic mass is 10.1. The zero-order chi connectivity index (χ0) is 18.1. The molecule has 0 unspecified atom stereocenters. The molecule has 4 nitrogen and oxygen atoms in total. The third-order valence-electron chi connectivity index (χ3n) is 3.59. The maximum absolute atomic E-state index is 7.61. The number of hydrogen-bond donors (Lipinski definition) is 2. The Balaban J connectivity index is 0.000000240. The molecular formula is C19H26ClN3O. The van der Waals surface area contributed by atoms with Crippen LogP contribution in [0.1, 0.15) is 43.4 Å². The first-order valence-corrected chi connectivity index (χ1v) is 8.43. The van der Waals surface area contributed by atoms with Crippen LogP contribution in [0.4, 0.5) is 5.69 Å². The summed E-state index contributed by atoms with van der Waals surface area (Å²) in [6.07, 6.45) is 4.55. The summed E-state index contributed by atoms with van der Waals surface area (Å²) in [7, 11) is 1.67. The fourth-order valence-electron chi connectivity index (χ4n) is 2.27. The van der Waals surface area contributed by atoms with Gasteiger partial charge in [0.2, 0.25) is 0 Å². The molecule has 0 aliphatic carbocycles. The van der Waals surface area contributed by atoms with Gasteiger partial charge in [0.05, 0.1) is 7.11 Å². The zero-order valence-electron chi connectivity index (χ0n) is 14.8. The van der Waals surface area contributed by atoms with Gasteiger partial charge in [0.25, 0.3) is 0 Å². The van der Waals surface area contributed by atoms with Crippen molar-refractivity contribution in [2.75, 3.05) is 12.8 Å². The van der Waals surface area contributed by atoms with Crippen LogP contribution >= 0.6 is 11.6 Å². The number of nitrogens with two attached hydrogens (primary N) is 1. The van der Waals surface area contributed by atoms with Gasteiger partial charge < -0.3 is 15.9 Å². The summed E-state index contributed by atoms with van der Waals surface area (Å²) < 4.78 is 5.20. The zero-order valence-corrected chi connectivity index (χ0v) is 15.6. The van der Waals surface area contributed by atoms with Crippen LogP contribution in [0.2, 0.25) is 5.15 Å². The number of benzene rings is 1. The second-order valence-corrected chi connectivity index (χ2v) is 5.86. The normalized spacial score (nSPS) is 9.88. The number of nitrogens with zero attached hydrogens (tertiary/aromatic N) is 1. The summed E-state index contributed by atoms with van der Waals surface area (Å²) in [6.45, 7) is 6.04. The molecule has 24 heavy (non-hydrogen) atoms. The van der Waals surface area contributed by atoms with Gasteiger partial charge in [-0.2, -0.15) is 0 Å². The maximum Gasteiger partial charge on any atom is 0.129 e. The van der Waals surface area contributed by atoms with Gasteiger partial charge in [0, 0.05) is 29.2 Å². The molecule has 0 saturated carbocycles. The van der Waals surface area contributed by atoms with Crippen LogP contribution in [0, 0.1) is 12.3 Å². The van der Waals surface area contributed by atoms with E-state index >= 15 is 0 Å². The Kier molecular flexibility index (Phi) is 8.27. The first-order chi connectivity index (χ1) is 11.4. The van der Waals surface area contributed by atoms with Crippen LogP contribution in [0.15, 0.2) is 30.5 Å². The lowest BCUT2D eigenvalue weighted by Gasteiger charge is -2.07. The van der Waals surface area contributed by atoms with E-state index in [0.29, 0.717) is 10.9 Å². The molecule has 0 aliphatic rings. The number of methoxy groups -OCH3 is 1. The highest BCUT2D eigenvalue weighted by atomic mass is 35.5. The van der Waals surface area contributed by atoms with E-state index in [9.17, 15) is 0 Å². The Bertz CT molecular complexity index is 686. The summed E-state index contributed by atoms with van der Waals surface area (Å²) in [4.78, 5) is 3.93. The molecule has 0 aliphatic heterocycles. The number of nitrogen functional groups attached to an aromatic ring is 1. The highest BCUT2D eigenvalue weighted by molar-refractivity contribution is 6.29. The summed E-state index contributed by atoms with van der Waals surface area (Å²) >= 11 is 5.68. The van der Waals surface area contributed by atoms with E-state index in [4.69, 9.17) is 27.5 Å².